The molecule has 1 aromatic heterocycles. The first-order chi connectivity index (χ1) is 12.1. The molecule has 2 heterocycles. The predicted octanol–water partition coefficient (Wildman–Crippen LogP) is 2.26. The maximum atomic E-state index is 13.5. The quantitative estimate of drug-likeness (QED) is 0.834. The number of aryl methyl sites for hydroxylation is 1. The molecule has 0 saturated carbocycles. The number of nitrogens with one attached hydrogen (secondary N) is 1. The Labute approximate surface area is 147 Å². The highest BCUT2D eigenvalue weighted by atomic mass is 19.4. The highest BCUT2D eigenvalue weighted by Crippen LogP contribution is 2.49. The lowest BCUT2D eigenvalue weighted by atomic mass is 9.62. The van der Waals surface area contributed by atoms with E-state index in [1.54, 1.807) is 19.9 Å². The van der Waals surface area contributed by atoms with Crippen molar-refractivity contribution >= 4 is 17.9 Å². The van der Waals surface area contributed by atoms with E-state index < -0.39 is 34.7 Å². The molecule has 1 aromatic rings. The Balaban J connectivity index is 2.28. The van der Waals surface area contributed by atoms with E-state index >= 15 is 0 Å². The van der Waals surface area contributed by atoms with Gasteiger partial charge in [-0.2, -0.15) is 28.8 Å². The third-order valence-electron chi connectivity index (χ3n) is 5.12. The lowest BCUT2D eigenvalue weighted by molar-refractivity contribution is -0.0941. The lowest BCUT2D eigenvalue weighted by Crippen LogP contribution is -2.43. The Morgan fingerprint density at radius 3 is 2.58 bits per heavy atom. The fourth-order valence-corrected chi connectivity index (χ4v) is 3.80. The minimum atomic E-state index is -4.75. The molecule has 0 fully saturated rings. The molecule has 0 radical (unpaired) electrons. The number of nitriles is 2. The number of alkyl halides is 3. The van der Waals surface area contributed by atoms with Crippen LogP contribution < -0.4 is 10.6 Å². The Bertz CT molecular complexity index is 1030. The summed E-state index contributed by atoms with van der Waals surface area (Å²) in [5.74, 6) is -1.84. The molecule has 0 aromatic carbocycles. The fourth-order valence-electron chi connectivity index (χ4n) is 3.80. The maximum absolute atomic E-state index is 13.5. The van der Waals surface area contributed by atoms with E-state index in [4.69, 9.17) is 0 Å². The molecule has 0 bridgehead atoms. The van der Waals surface area contributed by atoms with Gasteiger partial charge in [-0.25, -0.2) is 0 Å². The minimum Gasteiger partial charge on any atom is -0.278 e. The van der Waals surface area contributed by atoms with E-state index in [1.165, 1.54) is 6.92 Å². The van der Waals surface area contributed by atoms with Gasteiger partial charge >= 0.3 is 6.18 Å². The van der Waals surface area contributed by atoms with Gasteiger partial charge in [0.25, 0.3) is 0 Å². The average molecular weight is 359 g/mol. The van der Waals surface area contributed by atoms with Gasteiger partial charge in [-0.1, -0.05) is 19.1 Å². The number of aromatic nitrogens is 2. The average Bonchev–Trinajstić information content (AvgIpc) is 2.93. The van der Waals surface area contributed by atoms with Crippen molar-refractivity contribution in [2.75, 3.05) is 0 Å². The summed E-state index contributed by atoms with van der Waals surface area (Å²) in [6.07, 6.45) is -0.683. The van der Waals surface area contributed by atoms with Crippen LogP contribution in [0.1, 0.15) is 26.0 Å². The van der Waals surface area contributed by atoms with Crippen molar-refractivity contribution in [3.8, 4) is 12.1 Å². The second kappa shape index (κ2) is 5.84. The number of halogens is 3. The van der Waals surface area contributed by atoms with Gasteiger partial charge in [-0.3, -0.25) is 10.1 Å². The highest BCUT2D eigenvalue weighted by Gasteiger charge is 2.50. The normalized spacial score (nSPS) is 28.2. The largest absolute Gasteiger partial charge is 0.434 e. The van der Waals surface area contributed by atoms with Gasteiger partial charge in [0.2, 0.25) is 0 Å². The van der Waals surface area contributed by atoms with Crippen molar-refractivity contribution in [3.05, 3.63) is 27.5 Å². The standard InChI is InChI=1S/C18H16F3N5/c1-9-12(7-22)15(13(8-23)16(24-9)18(19,20)21)17(3)5-4-14-11(6-17)10(2)25-26-14/h4,6,12,15,26H,5H2,1-3H3. The summed E-state index contributed by atoms with van der Waals surface area (Å²) in [5.41, 5.74) is -1.73. The number of H-pyrrole nitrogens is 1. The van der Waals surface area contributed by atoms with Gasteiger partial charge in [-0.15, -0.1) is 0 Å². The van der Waals surface area contributed by atoms with Gasteiger partial charge < -0.3 is 0 Å². The Kier molecular flexibility index (Phi) is 4.03. The monoisotopic (exact) mass is 359 g/mol. The van der Waals surface area contributed by atoms with Crippen molar-refractivity contribution in [1.82, 2.24) is 10.2 Å². The topological polar surface area (TPSA) is 88.6 Å². The molecule has 3 unspecified atom stereocenters. The molecule has 0 amide bonds. The van der Waals surface area contributed by atoms with Crippen LogP contribution in [-0.4, -0.2) is 22.1 Å². The fraction of sp³-hybridized carbons (Fsp3) is 0.444. The van der Waals surface area contributed by atoms with Gasteiger partial charge in [0.15, 0.2) is 5.70 Å². The van der Waals surface area contributed by atoms with Crippen LogP contribution in [0.4, 0.5) is 13.2 Å². The second-order valence-corrected chi connectivity index (χ2v) is 6.90. The SMILES string of the molecule is CC1=NC(C(F)(F)F)=C(C#N)C(C2(C)C=c3c(C)n[nH]c3=CC2)C1C#N. The van der Waals surface area contributed by atoms with Crippen LogP contribution in [0, 0.1) is 46.8 Å². The van der Waals surface area contributed by atoms with Crippen LogP contribution >= 0.6 is 0 Å². The zero-order valence-electron chi connectivity index (χ0n) is 14.4. The van der Waals surface area contributed by atoms with E-state index in [-0.39, 0.29) is 5.71 Å². The highest BCUT2D eigenvalue weighted by molar-refractivity contribution is 5.90. The summed E-state index contributed by atoms with van der Waals surface area (Å²) in [6, 6.07) is 3.75. The molecule has 1 N–H and O–H groups in total. The number of aliphatic imine (C=N–C) groups is 1. The maximum Gasteiger partial charge on any atom is 0.434 e. The summed E-state index contributed by atoms with van der Waals surface area (Å²) >= 11 is 0. The molecular formula is C18H16F3N5. The molecule has 8 heteroatoms. The number of allylic oxidation sites excluding steroid dienone is 2. The zero-order chi connectivity index (χ0) is 19.3. The Hall–Kier alpha value is -2.87. The Morgan fingerprint density at radius 1 is 1.31 bits per heavy atom. The Morgan fingerprint density at radius 2 is 2.00 bits per heavy atom. The summed E-state index contributed by atoms with van der Waals surface area (Å²) < 4.78 is 40.4. The van der Waals surface area contributed by atoms with Crippen LogP contribution in [0.25, 0.3) is 12.2 Å². The smallest absolute Gasteiger partial charge is 0.278 e. The second-order valence-electron chi connectivity index (χ2n) is 6.90. The number of fused-ring (bicyclic) bond motifs is 1. The van der Waals surface area contributed by atoms with Crippen molar-refractivity contribution in [3.63, 3.8) is 0 Å². The van der Waals surface area contributed by atoms with Gasteiger partial charge in [0.1, 0.15) is 0 Å². The van der Waals surface area contributed by atoms with Crippen LogP contribution in [0.2, 0.25) is 0 Å². The summed E-state index contributed by atoms with van der Waals surface area (Å²) in [6.45, 7) is 4.98. The molecule has 5 nitrogen and oxygen atoms in total. The van der Waals surface area contributed by atoms with E-state index in [2.05, 4.69) is 21.3 Å². The molecule has 1 aliphatic heterocycles. The van der Waals surface area contributed by atoms with Crippen LogP contribution in [0.15, 0.2) is 16.3 Å². The lowest BCUT2D eigenvalue weighted by Gasteiger charge is -2.40. The number of hydrogen-bond donors (Lipinski definition) is 1. The van der Waals surface area contributed by atoms with Crippen molar-refractivity contribution in [1.29, 1.82) is 10.5 Å². The van der Waals surface area contributed by atoms with Crippen molar-refractivity contribution in [2.45, 2.75) is 33.4 Å². The summed E-state index contributed by atoms with van der Waals surface area (Å²) in [4.78, 5) is 3.57. The number of aromatic amines is 1. The van der Waals surface area contributed by atoms with Gasteiger partial charge in [0.05, 0.1) is 34.7 Å². The predicted molar refractivity (Wildman–Crippen MR) is 88.6 cm³/mol. The van der Waals surface area contributed by atoms with Gasteiger partial charge in [0, 0.05) is 16.8 Å². The molecule has 2 aliphatic rings. The van der Waals surface area contributed by atoms with Crippen LogP contribution in [0.5, 0.6) is 0 Å². The third-order valence-corrected chi connectivity index (χ3v) is 5.12. The van der Waals surface area contributed by atoms with Crippen LogP contribution in [-0.2, 0) is 0 Å². The number of rotatable bonds is 1. The molecular weight excluding hydrogens is 343 g/mol. The molecule has 134 valence electrons. The van der Waals surface area contributed by atoms with Crippen molar-refractivity contribution in [2.24, 2.45) is 22.2 Å². The first-order valence-corrected chi connectivity index (χ1v) is 8.02. The molecule has 1 aliphatic carbocycles. The van der Waals surface area contributed by atoms with E-state index in [1.807, 2.05) is 12.2 Å². The minimum absolute atomic E-state index is 0.0770. The first kappa shape index (κ1) is 17.9. The first-order valence-electron chi connectivity index (χ1n) is 8.02. The molecule has 3 atom stereocenters. The summed E-state index contributed by atoms with van der Waals surface area (Å²) in [5, 5.41) is 27.7. The molecule has 26 heavy (non-hydrogen) atoms. The molecule has 0 saturated heterocycles. The van der Waals surface area contributed by atoms with Crippen LogP contribution in [0.3, 0.4) is 0 Å². The van der Waals surface area contributed by atoms with Crippen molar-refractivity contribution < 1.29 is 13.2 Å². The number of nitrogens with zero attached hydrogens (tertiary/aromatic N) is 4. The van der Waals surface area contributed by atoms with E-state index in [0.717, 1.165) is 16.3 Å². The van der Waals surface area contributed by atoms with Gasteiger partial charge in [-0.05, 0) is 25.7 Å². The summed E-state index contributed by atoms with van der Waals surface area (Å²) in [7, 11) is 0. The third kappa shape index (κ3) is 2.62. The van der Waals surface area contributed by atoms with E-state index in [0.29, 0.717) is 6.42 Å². The zero-order valence-corrected chi connectivity index (χ0v) is 14.4. The molecule has 3 rings (SSSR count). The molecule has 0 spiro atoms. The van der Waals surface area contributed by atoms with E-state index in [9.17, 15) is 23.7 Å². The number of hydrogen-bond acceptors (Lipinski definition) is 4.